The number of rotatable bonds is 7. The van der Waals surface area contributed by atoms with Gasteiger partial charge in [0.15, 0.2) is 9.84 Å². The Morgan fingerprint density at radius 3 is 2.42 bits per heavy atom. The molecule has 0 unspecified atom stereocenters. The van der Waals surface area contributed by atoms with Gasteiger partial charge in [-0.3, -0.25) is 4.68 Å². The molecule has 0 radical (unpaired) electrons. The third kappa shape index (κ3) is 5.32. The van der Waals surface area contributed by atoms with Crippen LogP contribution in [0.25, 0.3) is 0 Å². The van der Waals surface area contributed by atoms with Crippen LogP contribution in [0.15, 0.2) is 12.3 Å². The second-order valence-electron chi connectivity index (χ2n) is 5.78. The average Bonchev–Trinajstić information content (AvgIpc) is 2.63. The van der Waals surface area contributed by atoms with Crippen molar-refractivity contribution in [3.8, 4) is 0 Å². The number of nitrogens with two attached hydrogens (primary N) is 1. The summed E-state index contributed by atoms with van der Waals surface area (Å²) < 4.78 is 25.9. The first-order chi connectivity index (χ1) is 8.67. The monoisotopic (exact) mass is 287 g/mol. The molecule has 0 fully saturated rings. The summed E-state index contributed by atoms with van der Waals surface area (Å²) in [6.45, 7) is 7.63. The Morgan fingerprint density at radius 1 is 1.37 bits per heavy atom. The molecule has 0 saturated heterocycles. The van der Waals surface area contributed by atoms with Crippen molar-refractivity contribution in [1.82, 2.24) is 9.78 Å². The normalized spacial score (nSPS) is 13.2. The second kappa shape index (κ2) is 6.05. The van der Waals surface area contributed by atoms with Gasteiger partial charge in [-0.2, -0.15) is 5.10 Å². The molecule has 0 amide bonds. The van der Waals surface area contributed by atoms with Gasteiger partial charge in [-0.25, -0.2) is 8.42 Å². The zero-order chi connectivity index (χ0) is 14.7. The molecule has 1 aromatic heterocycles. The van der Waals surface area contributed by atoms with E-state index in [4.69, 9.17) is 5.73 Å². The lowest BCUT2D eigenvalue weighted by Crippen LogP contribution is -2.40. The fourth-order valence-electron chi connectivity index (χ4n) is 2.16. The van der Waals surface area contributed by atoms with Gasteiger partial charge in [0.1, 0.15) is 0 Å². The lowest BCUT2D eigenvalue weighted by atomic mass is 10.1. The van der Waals surface area contributed by atoms with Crippen LogP contribution < -0.4 is 5.73 Å². The van der Waals surface area contributed by atoms with Crippen LogP contribution in [0.3, 0.4) is 0 Å². The maximum atomic E-state index is 12.0. The predicted octanol–water partition coefficient (Wildman–Crippen LogP) is 1.90. The highest BCUT2D eigenvalue weighted by Crippen LogP contribution is 2.16. The Morgan fingerprint density at radius 2 is 1.95 bits per heavy atom. The molecule has 0 aliphatic rings. The number of aromatic nitrogens is 2. The van der Waals surface area contributed by atoms with E-state index in [0.717, 1.165) is 12.8 Å². The van der Waals surface area contributed by atoms with Gasteiger partial charge in [0, 0.05) is 11.7 Å². The standard InChI is InChI=1S/C13H25N3O2S/c1-5-12(6-2)16-8-7-11(15-16)9-19(17,18)10-13(3,4)14/h7-8,12H,5-6,9-10,14H2,1-4H3. The fraction of sp³-hybridized carbons (Fsp3) is 0.769. The molecule has 1 heterocycles. The zero-order valence-corrected chi connectivity index (χ0v) is 13.1. The van der Waals surface area contributed by atoms with Crippen molar-refractivity contribution < 1.29 is 8.42 Å². The summed E-state index contributed by atoms with van der Waals surface area (Å²) in [5.41, 5.74) is 5.65. The summed E-state index contributed by atoms with van der Waals surface area (Å²) in [5.74, 6) is -0.0708. The quantitative estimate of drug-likeness (QED) is 0.830. The topological polar surface area (TPSA) is 78.0 Å². The van der Waals surface area contributed by atoms with Crippen LogP contribution in [0.4, 0.5) is 0 Å². The molecule has 5 nitrogen and oxygen atoms in total. The van der Waals surface area contributed by atoms with Gasteiger partial charge in [-0.1, -0.05) is 13.8 Å². The van der Waals surface area contributed by atoms with Gasteiger partial charge >= 0.3 is 0 Å². The van der Waals surface area contributed by atoms with E-state index in [1.54, 1.807) is 19.9 Å². The maximum Gasteiger partial charge on any atom is 0.157 e. The highest BCUT2D eigenvalue weighted by Gasteiger charge is 2.23. The predicted molar refractivity (Wildman–Crippen MR) is 77.6 cm³/mol. The van der Waals surface area contributed by atoms with Crippen LogP contribution in [0.2, 0.25) is 0 Å². The van der Waals surface area contributed by atoms with E-state index in [-0.39, 0.29) is 11.5 Å². The molecule has 0 spiro atoms. The number of nitrogens with zero attached hydrogens (tertiary/aromatic N) is 2. The van der Waals surface area contributed by atoms with Crippen molar-refractivity contribution in [3.63, 3.8) is 0 Å². The molecule has 0 aliphatic heterocycles. The van der Waals surface area contributed by atoms with Crippen molar-refractivity contribution >= 4 is 9.84 Å². The largest absolute Gasteiger partial charge is 0.325 e. The second-order valence-corrected chi connectivity index (χ2v) is 7.84. The molecule has 0 aromatic carbocycles. The smallest absolute Gasteiger partial charge is 0.157 e. The number of sulfone groups is 1. The third-order valence-electron chi connectivity index (χ3n) is 2.94. The molecule has 0 atom stereocenters. The minimum Gasteiger partial charge on any atom is -0.325 e. The highest BCUT2D eigenvalue weighted by molar-refractivity contribution is 7.90. The van der Waals surface area contributed by atoms with Gasteiger partial charge < -0.3 is 5.73 Å². The van der Waals surface area contributed by atoms with Crippen LogP contribution in [-0.4, -0.2) is 29.5 Å². The van der Waals surface area contributed by atoms with Crippen molar-refractivity contribution in [2.24, 2.45) is 5.73 Å². The van der Waals surface area contributed by atoms with Crippen molar-refractivity contribution in [2.75, 3.05) is 5.75 Å². The van der Waals surface area contributed by atoms with Crippen LogP contribution in [0.1, 0.15) is 52.3 Å². The Labute approximate surface area is 116 Å². The minimum absolute atomic E-state index is 0.0299. The summed E-state index contributed by atoms with van der Waals surface area (Å²) in [6.07, 6.45) is 3.83. The van der Waals surface area contributed by atoms with E-state index in [2.05, 4.69) is 18.9 Å². The Hall–Kier alpha value is -0.880. The summed E-state index contributed by atoms with van der Waals surface area (Å²) in [4.78, 5) is 0. The fourth-order valence-corrected chi connectivity index (χ4v) is 4.00. The Bertz CT molecular complexity index is 496. The van der Waals surface area contributed by atoms with Crippen molar-refractivity contribution in [2.45, 2.75) is 57.9 Å². The molecule has 0 saturated carbocycles. The molecule has 1 aromatic rings. The molecule has 0 aliphatic carbocycles. The zero-order valence-electron chi connectivity index (χ0n) is 12.3. The van der Waals surface area contributed by atoms with E-state index in [0.29, 0.717) is 11.7 Å². The molecule has 1 rings (SSSR count). The first-order valence-corrected chi connectivity index (χ1v) is 8.52. The van der Waals surface area contributed by atoms with Crippen molar-refractivity contribution in [3.05, 3.63) is 18.0 Å². The van der Waals surface area contributed by atoms with Gasteiger partial charge in [0.05, 0.1) is 23.2 Å². The first kappa shape index (κ1) is 16.2. The molecule has 110 valence electrons. The first-order valence-electron chi connectivity index (χ1n) is 6.70. The molecule has 0 bridgehead atoms. The molecule has 6 heteroatoms. The van der Waals surface area contributed by atoms with Gasteiger partial charge in [-0.05, 0) is 32.8 Å². The van der Waals surface area contributed by atoms with Gasteiger partial charge in [0.25, 0.3) is 0 Å². The SMILES string of the molecule is CCC(CC)n1ccc(CS(=O)(=O)CC(C)(C)N)n1. The Balaban J connectivity index is 2.79. The lowest BCUT2D eigenvalue weighted by Gasteiger charge is -2.17. The summed E-state index contributed by atoms with van der Waals surface area (Å²) >= 11 is 0. The van der Waals surface area contributed by atoms with E-state index in [9.17, 15) is 8.42 Å². The van der Waals surface area contributed by atoms with Crippen LogP contribution in [-0.2, 0) is 15.6 Å². The average molecular weight is 287 g/mol. The van der Waals surface area contributed by atoms with Crippen LogP contribution in [0.5, 0.6) is 0 Å². The molecular weight excluding hydrogens is 262 g/mol. The van der Waals surface area contributed by atoms with Crippen LogP contribution in [0, 0.1) is 0 Å². The maximum absolute atomic E-state index is 12.0. The van der Waals surface area contributed by atoms with E-state index >= 15 is 0 Å². The summed E-state index contributed by atoms with van der Waals surface area (Å²) in [5, 5.41) is 4.36. The van der Waals surface area contributed by atoms with E-state index in [1.807, 2.05) is 10.9 Å². The van der Waals surface area contributed by atoms with E-state index < -0.39 is 15.4 Å². The number of hydrogen-bond donors (Lipinski definition) is 1. The van der Waals surface area contributed by atoms with Gasteiger partial charge in [-0.15, -0.1) is 0 Å². The molecular formula is C13H25N3O2S. The third-order valence-corrected chi connectivity index (χ3v) is 4.86. The van der Waals surface area contributed by atoms with Crippen molar-refractivity contribution in [1.29, 1.82) is 0 Å². The van der Waals surface area contributed by atoms with Crippen LogP contribution >= 0.6 is 0 Å². The highest BCUT2D eigenvalue weighted by atomic mass is 32.2. The lowest BCUT2D eigenvalue weighted by molar-refractivity contribution is 0.426. The molecule has 2 N–H and O–H groups in total. The summed E-state index contributed by atoms with van der Waals surface area (Å²) in [6, 6.07) is 2.11. The number of hydrogen-bond acceptors (Lipinski definition) is 4. The minimum atomic E-state index is -3.22. The summed E-state index contributed by atoms with van der Waals surface area (Å²) in [7, 11) is -3.22. The van der Waals surface area contributed by atoms with Gasteiger partial charge in [0.2, 0.25) is 0 Å². The Kier molecular flexibility index (Phi) is 5.15. The molecule has 19 heavy (non-hydrogen) atoms. The van der Waals surface area contributed by atoms with E-state index in [1.165, 1.54) is 0 Å².